The Labute approximate surface area is 231 Å². The van der Waals surface area contributed by atoms with E-state index in [1.165, 1.54) is 42.5 Å². The molecule has 0 atom stereocenters. The van der Waals surface area contributed by atoms with Gasteiger partial charge in [-0.05, 0) is 80.9 Å². The average molecular weight is 574 g/mol. The highest BCUT2D eigenvalue weighted by atomic mass is 35.5. The maximum Gasteiger partial charge on any atom is 0.261 e. The van der Waals surface area contributed by atoms with Crippen LogP contribution in [0.2, 0.25) is 10.0 Å². The normalized spacial score (nSPS) is 11.3. The zero-order chi connectivity index (χ0) is 27.3. The number of aryl methyl sites for hydroxylation is 3. The Balaban J connectivity index is 1.42. The summed E-state index contributed by atoms with van der Waals surface area (Å²) in [6.45, 7) is 4.92. The molecule has 1 heterocycles. The Kier molecular flexibility index (Phi) is 8.61. The second-order valence-corrected chi connectivity index (χ2v) is 11.1. The molecular weight excluding hydrogens is 547 g/mol. The minimum atomic E-state index is -4.01. The second kappa shape index (κ2) is 11.9. The molecule has 0 saturated heterocycles. The number of halogens is 2. The van der Waals surface area contributed by atoms with E-state index in [2.05, 4.69) is 15.1 Å². The molecule has 0 aliphatic carbocycles. The first-order valence-corrected chi connectivity index (χ1v) is 14.0. The van der Waals surface area contributed by atoms with Crippen molar-refractivity contribution < 1.29 is 17.9 Å². The lowest BCUT2D eigenvalue weighted by molar-refractivity contribution is 0.0953. The molecule has 11 heteroatoms. The van der Waals surface area contributed by atoms with E-state index in [-0.39, 0.29) is 16.1 Å². The summed E-state index contributed by atoms with van der Waals surface area (Å²) in [7, 11) is -4.01. The number of carbonyl (C=O) groups is 1. The molecule has 0 fully saturated rings. The number of aromatic nitrogens is 2. The van der Waals surface area contributed by atoms with Gasteiger partial charge < -0.3 is 10.1 Å². The van der Waals surface area contributed by atoms with Crippen LogP contribution in [0.4, 0.5) is 5.69 Å². The second-order valence-electron chi connectivity index (χ2n) is 8.56. The van der Waals surface area contributed by atoms with Gasteiger partial charge in [0.05, 0.1) is 26.9 Å². The Hall–Kier alpha value is -3.53. The number of nitrogens with zero attached hydrogens (tertiary/aromatic N) is 2. The number of anilines is 1. The molecule has 0 spiro atoms. The lowest BCUT2D eigenvalue weighted by Crippen LogP contribution is -2.27. The number of hydrogen-bond acceptors (Lipinski definition) is 5. The van der Waals surface area contributed by atoms with E-state index < -0.39 is 15.9 Å². The molecule has 2 N–H and O–H groups in total. The third-order valence-corrected chi connectivity index (χ3v) is 7.53. The first kappa shape index (κ1) is 27.5. The van der Waals surface area contributed by atoms with Crippen LogP contribution in [0.1, 0.15) is 28.2 Å². The Bertz CT molecular complexity index is 1550. The van der Waals surface area contributed by atoms with Gasteiger partial charge in [0.1, 0.15) is 11.5 Å². The molecule has 3 aromatic carbocycles. The standard InChI is InChI=1S/C27H26Cl2N4O4S/c1-18-16-19(2)33(31-18)15-5-14-30-27(34)23-17-20(28)8-13-25(23)32-38(35,36)22-11-9-21(10-12-22)37-26-7-4-3-6-24(26)29/h3-4,6-13,16-17,32H,5,14-15H2,1-2H3,(H,30,34). The third kappa shape index (κ3) is 6.86. The van der Waals surface area contributed by atoms with Crippen LogP contribution in [0.3, 0.4) is 0 Å². The maximum absolute atomic E-state index is 13.1. The predicted octanol–water partition coefficient (Wildman–Crippen LogP) is 6.22. The lowest BCUT2D eigenvalue weighted by atomic mass is 10.1. The fraction of sp³-hybridized carbons (Fsp3) is 0.185. The summed E-state index contributed by atoms with van der Waals surface area (Å²) in [5.74, 6) is 0.431. The summed E-state index contributed by atoms with van der Waals surface area (Å²) in [4.78, 5) is 12.9. The van der Waals surface area contributed by atoms with Crippen LogP contribution in [0.25, 0.3) is 0 Å². The minimum Gasteiger partial charge on any atom is -0.456 e. The van der Waals surface area contributed by atoms with Gasteiger partial charge >= 0.3 is 0 Å². The molecule has 38 heavy (non-hydrogen) atoms. The number of para-hydroxylation sites is 1. The number of benzene rings is 3. The van der Waals surface area contributed by atoms with Gasteiger partial charge in [0.2, 0.25) is 0 Å². The topological polar surface area (TPSA) is 102 Å². The van der Waals surface area contributed by atoms with Crippen LogP contribution in [0.5, 0.6) is 11.5 Å². The molecule has 4 aromatic rings. The highest BCUT2D eigenvalue weighted by Gasteiger charge is 2.20. The molecule has 0 aliphatic rings. The van der Waals surface area contributed by atoms with Crippen molar-refractivity contribution >= 4 is 44.8 Å². The van der Waals surface area contributed by atoms with Crippen LogP contribution in [-0.4, -0.2) is 30.7 Å². The van der Waals surface area contributed by atoms with Crippen molar-refractivity contribution in [3.05, 3.63) is 99.8 Å². The number of amides is 1. The van der Waals surface area contributed by atoms with Crippen molar-refractivity contribution in [3.63, 3.8) is 0 Å². The van der Waals surface area contributed by atoms with Crippen LogP contribution in [-0.2, 0) is 16.6 Å². The van der Waals surface area contributed by atoms with Crippen molar-refractivity contribution in [1.29, 1.82) is 0 Å². The summed E-state index contributed by atoms with van der Waals surface area (Å²) in [5.41, 5.74) is 2.21. The molecule has 0 bridgehead atoms. The molecular formula is C27H26Cl2N4O4S. The van der Waals surface area contributed by atoms with Gasteiger partial charge in [-0.2, -0.15) is 5.10 Å². The molecule has 0 aliphatic heterocycles. The van der Waals surface area contributed by atoms with Crippen LogP contribution >= 0.6 is 23.2 Å². The number of hydrogen-bond donors (Lipinski definition) is 2. The van der Waals surface area contributed by atoms with Crippen molar-refractivity contribution in [3.8, 4) is 11.5 Å². The van der Waals surface area contributed by atoms with Gasteiger partial charge in [0.15, 0.2) is 0 Å². The quantitative estimate of drug-likeness (QED) is 0.219. The zero-order valence-corrected chi connectivity index (χ0v) is 23.1. The highest BCUT2D eigenvalue weighted by molar-refractivity contribution is 7.92. The minimum absolute atomic E-state index is 0.00444. The van der Waals surface area contributed by atoms with Gasteiger partial charge in [-0.15, -0.1) is 0 Å². The molecule has 4 rings (SSSR count). The van der Waals surface area contributed by atoms with Crippen LogP contribution < -0.4 is 14.8 Å². The smallest absolute Gasteiger partial charge is 0.261 e. The molecule has 1 aromatic heterocycles. The molecule has 198 valence electrons. The van der Waals surface area contributed by atoms with E-state index in [1.807, 2.05) is 24.6 Å². The molecule has 0 saturated carbocycles. The summed E-state index contributed by atoms with van der Waals surface area (Å²) >= 11 is 12.2. The van der Waals surface area contributed by atoms with Crippen molar-refractivity contribution in [2.75, 3.05) is 11.3 Å². The van der Waals surface area contributed by atoms with E-state index in [0.717, 1.165) is 11.4 Å². The number of ether oxygens (including phenoxy) is 1. The van der Waals surface area contributed by atoms with Gasteiger partial charge in [-0.1, -0.05) is 35.3 Å². The number of rotatable bonds is 10. The van der Waals surface area contributed by atoms with Gasteiger partial charge in [-0.25, -0.2) is 8.42 Å². The zero-order valence-electron chi connectivity index (χ0n) is 20.7. The third-order valence-electron chi connectivity index (χ3n) is 5.60. The predicted molar refractivity (Wildman–Crippen MR) is 149 cm³/mol. The molecule has 1 amide bonds. The van der Waals surface area contributed by atoms with Crippen molar-refractivity contribution in [2.45, 2.75) is 31.7 Å². The fourth-order valence-electron chi connectivity index (χ4n) is 3.77. The summed E-state index contributed by atoms with van der Waals surface area (Å²) in [6.07, 6.45) is 0.651. The fourth-order valence-corrected chi connectivity index (χ4v) is 5.19. The summed E-state index contributed by atoms with van der Waals surface area (Å²) < 4.78 is 36.3. The Morgan fingerprint density at radius 2 is 1.74 bits per heavy atom. The highest BCUT2D eigenvalue weighted by Crippen LogP contribution is 2.30. The largest absolute Gasteiger partial charge is 0.456 e. The summed E-state index contributed by atoms with van der Waals surface area (Å²) in [5, 5.41) is 7.97. The first-order chi connectivity index (χ1) is 18.1. The van der Waals surface area contributed by atoms with E-state index in [1.54, 1.807) is 24.3 Å². The summed E-state index contributed by atoms with van der Waals surface area (Å²) in [6, 6.07) is 19.2. The number of sulfonamides is 1. The average Bonchev–Trinajstić information content (AvgIpc) is 3.21. The van der Waals surface area contributed by atoms with E-state index >= 15 is 0 Å². The number of carbonyl (C=O) groups excluding carboxylic acids is 1. The monoisotopic (exact) mass is 572 g/mol. The van der Waals surface area contributed by atoms with Gasteiger partial charge in [-0.3, -0.25) is 14.2 Å². The van der Waals surface area contributed by atoms with Crippen LogP contribution in [0.15, 0.2) is 77.7 Å². The van der Waals surface area contributed by atoms with Crippen LogP contribution in [0, 0.1) is 13.8 Å². The van der Waals surface area contributed by atoms with E-state index in [0.29, 0.717) is 41.1 Å². The van der Waals surface area contributed by atoms with Crippen molar-refractivity contribution in [1.82, 2.24) is 15.1 Å². The Morgan fingerprint density at radius 1 is 1.00 bits per heavy atom. The lowest BCUT2D eigenvalue weighted by Gasteiger charge is -2.14. The van der Waals surface area contributed by atoms with Gasteiger partial charge in [0.25, 0.3) is 15.9 Å². The first-order valence-electron chi connectivity index (χ1n) is 11.8. The van der Waals surface area contributed by atoms with E-state index in [9.17, 15) is 13.2 Å². The Morgan fingerprint density at radius 3 is 2.42 bits per heavy atom. The SMILES string of the molecule is Cc1cc(C)n(CCCNC(=O)c2cc(Cl)ccc2NS(=O)(=O)c2ccc(Oc3ccccc3Cl)cc2)n1. The van der Waals surface area contributed by atoms with E-state index in [4.69, 9.17) is 27.9 Å². The van der Waals surface area contributed by atoms with Gasteiger partial charge in [0, 0.05) is 23.8 Å². The maximum atomic E-state index is 13.1. The molecule has 0 unspecified atom stereocenters. The molecule has 8 nitrogen and oxygen atoms in total. The number of nitrogens with one attached hydrogen (secondary N) is 2. The molecule has 0 radical (unpaired) electrons. The van der Waals surface area contributed by atoms with Crippen molar-refractivity contribution in [2.24, 2.45) is 0 Å².